The van der Waals surface area contributed by atoms with Crippen molar-refractivity contribution in [1.29, 1.82) is 0 Å². The lowest BCUT2D eigenvalue weighted by molar-refractivity contribution is -0.269. The van der Waals surface area contributed by atoms with Crippen molar-refractivity contribution in [3.63, 3.8) is 0 Å². The van der Waals surface area contributed by atoms with E-state index < -0.39 is 0 Å². The summed E-state index contributed by atoms with van der Waals surface area (Å²) >= 11 is 0. The summed E-state index contributed by atoms with van der Waals surface area (Å²) in [6.07, 6.45) is 0.552. The molecule has 1 N–H and O–H groups in total. The summed E-state index contributed by atoms with van der Waals surface area (Å²) < 4.78 is 0. The quantitative estimate of drug-likeness (QED) is 0.373. The van der Waals surface area contributed by atoms with Gasteiger partial charge in [-0.3, -0.25) is 5.26 Å². The van der Waals surface area contributed by atoms with Crippen LogP contribution in [-0.4, -0.2) is 36.9 Å². The zero-order valence-electron chi connectivity index (χ0n) is 7.50. The molecule has 66 valence electrons. The van der Waals surface area contributed by atoms with Gasteiger partial charge in [0, 0.05) is 6.54 Å². The monoisotopic (exact) mass is 159 g/mol. The molecule has 3 nitrogen and oxygen atoms in total. The molecule has 0 bridgehead atoms. The van der Waals surface area contributed by atoms with Gasteiger partial charge in [-0.25, -0.2) is 4.89 Å². The van der Waals surface area contributed by atoms with Gasteiger partial charge in [0.2, 0.25) is 0 Å². The maximum absolute atomic E-state index is 8.43. The third kappa shape index (κ3) is 4.95. The van der Waals surface area contributed by atoms with Gasteiger partial charge in [0.25, 0.3) is 0 Å². The first kappa shape index (κ1) is 10.6. The lowest BCUT2D eigenvalue weighted by Gasteiger charge is -2.15. The average Bonchev–Trinajstić information content (AvgIpc) is 1.87. The van der Waals surface area contributed by atoms with Crippen molar-refractivity contribution in [2.45, 2.75) is 19.4 Å². The van der Waals surface area contributed by atoms with Crippen molar-refractivity contribution in [3.8, 4) is 0 Å². The van der Waals surface area contributed by atoms with E-state index in [-0.39, 0.29) is 6.10 Å². The Morgan fingerprint density at radius 2 is 2.18 bits per heavy atom. The van der Waals surface area contributed by atoms with Crippen LogP contribution in [0.5, 0.6) is 0 Å². The van der Waals surface area contributed by atoms with Crippen LogP contribution in [0.15, 0.2) is 12.2 Å². The molecule has 0 fully saturated rings. The van der Waals surface area contributed by atoms with E-state index in [2.05, 4.69) is 11.5 Å². The molecule has 0 rings (SSSR count). The largest absolute Gasteiger partial charge is 0.309 e. The van der Waals surface area contributed by atoms with E-state index in [4.69, 9.17) is 5.26 Å². The van der Waals surface area contributed by atoms with Crippen molar-refractivity contribution in [2.24, 2.45) is 0 Å². The van der Waals surface area contributed by atoms with Crippen LogP contribution in [0.1, 0.15) is 13.3 Å². The Morgan fingerprint density at radius 1 is 1.64 bits per heavy atom. The molecule has 0 spiro atoms. The molecule has 0 aromatic heterocycles. The van der Waals surface area contributed by atoms with E-state index >= 15 is 0 Å². The molecule has 0 aliphatic heterocycles. The molecule has 0 radical (unpaired) electrons. The van der Waals surface area contributed by atoms with Crippen LogP contribution in [-0.2, 0) is 4.89 Å². The van der Waals surface area contributed by atoms with Gasteiger partial charge < -0.3 is 4.90 Å². The molecule has 0 aromatic carbocycles. The third-order valence-electron chi connectivity index (χ3n) is 1.52. The standard InChI is InChI=1S/C8H17NO2/c1-7(2)8(11-10)5-6-9(3)4/h8,10H,1,5-6H2,2-4H3. The van der Waals surface area contributed by atoms with Crippen LogP contribution in [0.2, 0.25) is 0 Å². The van der Waals surface area contributed by atoms with Crippen LogP contribution < -0.4 is 0 Å². The SMILES string of the molecule is C=C(C)C(CCN(C)C)OO. The van der Waals surface area contributed by atoms with Gasteiger partial charge in [-0.2, -0.15) is 0 Å². The molecule has 0 aliphatic carbocycles. The summed E-state index contributed by atoms with van der Waals surface area (Å²) in [6, 6.07) is 0. The van der Waals surface area contributed by atoms with Crippen LogP contribution in [0.4, 0.5) is 0 Å². The molecule has 0 aromatic rings. The van der Waals surface area contributed by atoms with Gasteiger partial charge in [-0.05, 0) is 33.0 Å². The highest BCUT2D eigenvalue weighted by Gasteiger charge is 2.09. The number of hydrogen-bond donors (Lipinski definition) is 1. The summed E-state index contributed by atoms with van der Waals surface area (Å²) in [5, 5.41) is 8.43. The van der Waals surface area contributed by atoms with Gasteiger partial charge in [0.1, 0.15) is 6.10 Å². The summed E-state index contributed by atoms with van der Waals surface area (Å²) in [7, 11) is 3.96. The molecule has 3 heteroatoms. The molecule has 0 saturated heterocycles. The minimum absolute atomic E-state index is 0.225. The molecular weight excluding hydrogens is 142 g/mol. The van der Waals surface area contributed by atoms with Gasteiger partial charge in [0.05, 0.1) is 0 Å². The van der Waals surface area contributed by atoms with E-state index in [0.717, 1.165) is 18.5 Å². The Balaban J connectivity index is 3.61. The maximum Gasteiger partial charge on any atom is 0.114 e. The van der Waals surface area contributed by atoms with Crippen molar-refractivity contribution < 1.29 is 10.1 Å². The summed E-state index contributed by atoms with van der Waals surface area (Å²) in [6.45, 7) is 6.43. The molecule has 0 aliphatic rings. The van der Waals surface area contributed by atoms with E-state index in [0.29, 0.717) is 0 Å². The van der Waals surface area contributed by atoms with Gasteiger partial charge in [0.15, 0.2) is 0 Å². The molecule has 0 heterocycles. The minimum Gasteiger partial charge on any atom is -0.309 e. The zero-order valence-corrected chi connectivity index (χ0v) is 7.50. The summed E-state index contributed by atoms with van der Waals surface area (Å²) in [4.78, 5) is 6.27. The second-order valence-electron chi connectivity index (χ2n) is 3.03. The predicted octanol–water partition coefficient (Wildman–Crippen LogP) is 1.37. The Morgan fingerprint density at radius 3 is 2.45 bits per heavy atom. The van der Waals surface area contributed by atoms with Gasteiger partial charge in [-0.1, -0.05) is 6.58 Å². The molecule has 0 saturated carbocycles. The first-order valence-corrected chi connectivity index (χ1v) is 3.68. The van der Waals surface area contributed by atoms with Gasteiger partial charge >= 0.3 is 0 Å². The summed E-state index contributed by atoms with van der Waals surface area (Å²) in [5.74, 6) is 0. The fraction of sp³-hybridized carbons (Fsp3) is 0.750. The lowest BCUT2D eigenvalue weighted by atomic mass is 10.1. The fourth-order valence-corrected chi connectivity index (χ4v) is 0.765. The van der Waals surface area contributed by atoms with E-state index in [1.54, 1.807) is 0 Å². The average molecular weight is 159 g/mol. The van der Waals surface area contributed by atoms with Crippen molar-refractivity contribution in [1.82, 2.24) is 4.90 Å². The second kappa shape index (κ2) is 5.29. The first-order chi connectivity index (χ1) is 5.07. The Kier molecular flexibility index (Phi) is 5.11. The molecular formula is C8H17NO2. The second-order valence-corrected chi connectivity index (χ2v) is 3.03. The Hall–Kier alpha value is -0.380. The van der Waals surface area contributed by atoms with E-state index in [1.807, 2.05) is 25.9 Å². The Labute approximate surface area is 68.2 Å². The normalized spacial score (nSPS) is 13.5. The molecule has 11 heavy (non-hydrogen) atoms. The van der Waals surface area contributed by atoms with E-state index in [1.165, 1.54) is 0 Å². The van der Waals surface area contributed by atoms with Crippen molar-refractivity contribution in [2.75, 3.05) is 20.6 Å². The third-order valence-corrected chi connectivity index (χ3v) is 1.52. The smallest absolute Gasteiger partial charge is 0.114 e. The van der Waals surface area contributed by atoms with Crippen LogP contribution in [0.3, 0.4) is 0 Å². The fourth-order valence-electron chi connectivity index (χ4n) is 0.765. The van der Waals surface area contributed by atoms with E-state index in [9.17, 15) is 0 Å². The number of hydrogen-bond acceptors (Lipinski definition) is 3. The predicted molar refractivity (Wildman–Crippen MR) is 45.5 cm³/mol. The molecule has 0 amide bonds. The zero-order chi connectivity index (χ0) is 8.85. The number of nitrogens with zero attached hydrogens (tertiary/aromatic N) is 1. The number of rotatable bonds is 5. The molecule has 1 unspecified atom stereocenters. The highest BCUT2D eigenvalue weighted by molar-refractivity contribution is 4.97. The molecule has 1 atom stereocenters. The van der Waals surface area contributed by atoms with Crippen LogP contribution in [0.25, 0.3) is 0 Å². The highest BCUT2D eigenvalue weighted by atomic mass is 17.1. The Bertz CT molecular complexity index is 123. The maximum atomic E-state index is 8.43. The van der Waals surface area contributed by atoms with Crippen molar-refractivity contribution >= 4 is 0 Å². The first-order valence-electron chi connectivity index (χ1n) is 3.68. The van der Waals surface area contributed by atoms with Crippen LogP contribution >= 0.6 is 0 Å². The minimum atomic E-state index is -0.225. The van der Waals surface area contributed by atoms with Crippen molar-refractivity contribution in [3.05, 3.63) is 12.2 Å². The summed E-state index contributed by atoms with van der Waals surface area (Å²) in [5.41, 5.74) is 0.856. The van der Waals surface area contributed by atoms with Crippen LogP contribution in [0, 0.1) is 0 Å². The highest BCUT2D eigenvalue weighted by Crippen LogP contribution is 2.06. The van der Waals surface area contributed by atoms with Gasteiger partial charge in [-0.15, -0.1) is 0 Å². The lowest BCUT2D eigenvalue weighted by Crippen LogP contribution is -2.21. The topological polar surface area (TPSA) is 32.7 Å².